The lowest BCUT2D eigenvalue weighted by Gasteiger charge is -2.60. The van der Waals surface area contributed by atoms with Crippen LogP contribution in [-0.2, 0) is 27.8 Å². The second-order valence-electron chi connectivity index (χ2n) is 13.3. The molecule has 2 bridgehead atoms. The highest BCUT2D eigenvalue weighted by Crippen LogP contribution is 2.65. The fourth-order valence-electron chi connectivity index (χ4n) is 8.67. The minimum Gasteiger partial charge on any atom is -0.504 e. The zero-order valence-corrected chi connectivity index (χ0v) is 26.4. The Hall–Kier alpha value is -4.28. The number of rotatable bonds is 5. The number of piperidine rings is 1. The van der Waals surface area contributed by atoms with E-state index < -0.39 is 11.4 Å². The van der Waals surface area contributed by atoms with Crippen molar-refractivity contribution in [2.75, 3.05) is 20.1 Å². The standard InChI is InChI=1S/C38H40N2O5/c1-23-10-11-27(20-24(23)2)12-15-34(43)39(4)30-14-13-29-31-21-28-33(44-25(3)41)22-32(42)36-35(28)38(29,37(30)45-36)17-19-40(31)18-16-26-8-6-5-7-9-26/h5-11,20,22,29-31,37,42H,13-14,16-19,21H2,1-4H3/t29-,30-,31+,37-,38-/m0/s1. The average Bonchev–Trinajstić information content (AvgIpc) is 3.37. The van der Waals surface area contributed by atoms with Crippen molar-refractivity contribution < 1.29 is 24.2 Å². The first-order chi connectivity index (χ1) is 21.7. The minimum atomic E-state index is -0.416. The number of amides is 1. The molecule has 1 spiro atoms. The number of aromatic hydroxyl groups is 1. The Morgan fingerprint density at radius 3 is 2.67 bits per heavy atom. The Balaban J connectivity index is 1.24. The highest BCUT2D eigenvalue weighted by molar-refractivity contribution is 5.94. The summed E-state index contributed by atoms with van der Waals surface area (Å²) in [6.45, 7) is 7.32. The van der Waals surface area contributed by atoms with Crippen LogP contribution in [0, 0.1) is 31.6 Å². The number of benzene rings is 3. The van der Waals surface area contributed by atoms with E-state index in [2.05, 4.69) is 47.9 Å². The van der Waals surface area contributed by atoms with Gasteiger partial charge in [-0.15, -0.1) is 0 Å². The second-order valence-corrected chi connectivity index (χ2v) is 13.3. The highest BCUT2D eigenvalue weighted by Gasteiger charge is 2.67. The van der Waals surface area contributed by atoms with E-state index in [0.717, 1.165) is 67.4 Å². The van der Waals surface area contributed by atoms with Crippen LogP contribution in [-0.4, -0.2) is 65.1 Å². The molecular weight excluding hydrogens is 564 g/mol. The molecule has 3 aromatic carbocycles. The van der Waals surface area contributed by atoms with Gasteiger partial charge in [0.1, 0.15) is 11.9 Å². The molecule has 0 radical (unpaired) electrons. The van der Waals surface area contributed by atoms with Crippen LogP contribution in [0.3, 0.4) is 0 Å². The fraction of sp³-hybridized carbons (Fsp3) is 0.421. The SMILES string of the molecule is CC(=O)Oc1cc(O)c2c3c1C[C@@H]1[C@@H]4CC[C@H](N(C)C(=O)C#Cc5ccc(C)c(C)c5)[C@H](O2)[C@]34CCN1CCc1ccccc1. The summed E-state index contributed by atoms with van der Waals surface area (Å²) in [6, 6.07) is 18.1. The Kier molecular flexibility index (Phi) is 7.37. The number of carbonyl (C=O) groups is 2. The Morgan fingerprint density at radius 2 is 1.91 bits per heavy atom. The molecule has 4 aliphatic rings. The number of carbonyl (C=O) groups excluding carboxylic acids is 2. The third-order valence-electron chi connectivity index (χ3n) is 10.9. The first-order valence-corrected chi connectivity index (χ1v) is 16.1. The fourth-order valence-corrected chi connectivity index (χ4v) is 8.67. The van der Waals surface area contributed by atoms with Crippen molar-refractivity contribution in [3.05, 3.63) is 88.0 Å². The van der Waals surface area contributed by atoms with Crippen LogP contribution in [0.4, 0.5) is 0 Å². The summed E-state index contributed by atoms with van der Waals surface area (Å²) in [5.41, 5.74) is 6.00. The van der Waals surface area contributed by atoms with Crippen molar-refractivity contribution in [1.29, 1.82) is 0 Å². The number of likely N-dealkylation sites (tertiary alicyclic amines) is 1. The normalized spacial score (nSPS) is 25.8. The van der Waals surface area contributed by atoms with Gasteiger partial charge in [-0.3, -0.25) is 14.5 Å². The second kappa shape index (κ2) is 11.3. The van der Waals surface area contributed by atoms with E-state index in [0.29, 0.717) is 11.5 Å². The molecule has 3 aromatic rings. The van der Waals surface area contributed by atoms with Gasteiger partial charge in [-0.25, -0.2) is 0 Å². The van der Waals surface area contributed by atoms with Crippen molar-refractivity contribution >= 4 is 11.9 Å². The van der Waals surface area contributed by atoms with E-state index in [1.54, 1.807) is 4.90 Å². The van der Waals surface area contributed by atoms with Crippen LogP contribution >= 0.6 is 0 Å². The van der Waals surface area contributed by atoms with Gasteiger partial charge in [-0.1, -0.05) is 42.3 Å². The van der Waals surface area contributed by atoms with Gasteiger partial charge in [-0.2, -0.15) is 0 Å². The van der Waals surface area contributed by atoms with Gasteiger partial charge < -0.3 is 19.5 Å². The predicted molar refractivity (Wildman–Crippen MR) is 171 cm³/mol. The summed E-state index contributed by atoms with van der Waals surface area (Å²) in [6.07, 6.45) is 3.90. The molecular formula is C38H40N2O5. The van der Waals surface area contributed by atoms with Crippen molar-refractivity contribution in [2.45, 2.75) is 76.5 Å². The Morgan fingerprint density at radius 1 is 1.11 bits per heavy atom. The third-order valence-corrected chi connectivity index (χ3v) is 10.9. The number of hydrogen-bond acceptors (Lipinski definition) is 6. The number of ether oxygens (including phenoxy) is 2. The van der Waals surface area contributed by atoms with E-state index in [4.69, 9.17) is 9.47 Å². The zero-order valence-electron chi connectivity index (χ0n) is 26.4. The molecule has 1 amide bonds. The highest BCUT2D eigenvalue weighted by atomic mass is 16.5. The topological polar surface area (TPSA) is 79.3 Å². The van der Waals surface area contributed by atoms with Gasteiger partial charge in [0.15, 0.2) is 11.5 Å². The van der Waals surface area contributed by atoms with Crippen molar-refractivity contribution in [3.8, 4) is 29.1 Å². The number of phenols is 1. The summed E-state index contributed by atoms with van der Waals surface area (Å²) in [4.78, 5) is 30.1. The first-order valence-electron chi connectivity index (χ1n) is 16.1. The molecule has 45 heavy (non-hydrogen) atoms. The minimum absolute atomic E-state index is 0.0141. The molecule has 1 saturated carbocycles. The molecule has 2 fully saturated rings. The molecule has 0 unspecified atom stereocenters. The van der Waals surface area contributed by atoms with E-state index in [9.17, 15) is 14.7 Å². The summed E-state index contributed by atoms with van der Waals surface area (Å²) in [5, 5.41) is 11.2. The number of esters is 1. The largest absolute Gasteiger partial charge is 0.504 e. The van der Waals surface area contributed by atoms with Crippen molar-refractivity contribution in [2.24, 2.45) is 5.92 Å². The number of nitrogens with zero attached hydrogens (tertiary/aromatic N) is 2. The monoisotopic (exact) mass is 604 g/mol. The summed E-state index contributed by atoms with van der Waals surface area (Å²) >= 11 is 0. The van der Waals surface area contributed by atoms with Gasteiger partial charge >= 0.3 is 5.97 Å². The van der Waals surface area contributed by atoms with Crippen LogP contribution in [0.15, 0.2) is 54.6 Å². The predicted octanol–water partition coefficient (Wildman–Crippen LogP) is 5.09. The zero-order chi connectivity index (χ0) is 31.5. The third kappa shape index (κ3) is 4.87. The van der Waals surface area contributed by atoms with Gasteiger partial charge in [0.2, 0.25) is 0 Å². The quantitative estimate of drug-likeness (QED) is 0.248. The van der Waals surface area contributed by atoms with Crippen molar-refractivity contribution in [1.82, 2.24) is 9.80 Å². The molecule has 2 aliphatic carbocycles. The molecule has 1 N–H and O–H groups in total. The summed E-state index contributed by atoms with van der Waals surface area (Å²) in [5.74, 6) is 6.47. The van der Waals surface area contributed by atoms with Crippen molar-refractivity contribution in [3.63, 3.8) is 0 Å². The first kappa shape index (κ1) is 29.4. The molecule has 232 valence electrons. The Labute approximate surface area is 265 Å². The van der Waals surface area contributed by atoms with Gasteiger partial charge in [0.05, 0.1) is 6.04 Å². The van der Waals surface area contributed by atoms with E-state index in [-0.39, 0.29) is 35.8 Å². The van der Waals surface area contributed by atoms with Crippen LogP contribution in [0.1, 0.15) is 59.6 Å². The van der Waals surface area contributed by atoms with Gasteiger partial charge in [0, 0.05) is 60.7 Å². The lowest BCUT2D eigenvalue weighted by atomic mass is 9.50. The molecule has 7 nitrogen and oxygen atoms in total. The Bertz CT molecular complexity index is 1740. The van der Waals surface area contributed by atoms with Crippen LogP contribution in [0.5, 0.6) is 17.2 Å². The maximum Gasteiger partial charge on any atom is 0.308 e. The summed E-state index contributed by atoms with van der Waals surface area (Å²) < 4.78 is 12.5. The molecule has 7 heteroatoms. The van der Waals surface area contributed by atoms with Crippen LogP contribution < -0.4 is 9.47 Å². The van der Waals surface area contributed by atoms with Crippen LogP contribution in [0.25, 0.3) is 0 Å². The smallest absolute Gasteiger partial charge is 0.308 e. The lowest BCUT2D eigenvalue weighted by Crippen LogP contribution is -2.69. The molecule has 5 atom stereocenters. The van der Waals surface area contributed by atoms with E-state index in [1.807, 2.05) is 38.2 Å². The van der Waals surface area contributed by atoms with Gasteiger partial charge in [0.25, 0.3) is 5.91 Å². The molecule has 0 aromatic heterocycles. The van der Waals surface area contributed by atoms with E-state index in [1.165, 1.54) is 24.1 Å². The van der Waals surface area contributed by atoms with Gasteiger partial charge in [-0.05, 0) is 87.2 Å². The average molecular weight is 605 g/mol. The maximum atomic E-state index is 13.6. The number of phenolic OH excluding ortho intramolecular Hbond substituents is 1. The molecule has 7 rings (SSSR count). The lowest BCUT2D eigenvalue weighted by molar-refractivity contribution is -0.135. The van der Waals surface area contributed by atoms with E-state index >= 15 is 0 Å². The molecule has 2 heterocycles. The van der Waals surface area contributed by atoms with Crippen LogP contribution in [0.2, 0.25) is 0 Å². The molecule has 1 saturated heterocycles. The number of hydrogen-bond donors (Lipinski definition) is 1. The molecule has 2 aliphatic heterocycles. The maximum absolute atomic E-state index is 13.6. The number of likely N-dealkylation sites (N-methyl/N-ethyl adjacent to an activating group) is 1. The number of aryl methyl sites for hydroxylation is 2. The summed E-state index contributed by atoms with van der Waals surface area (Å²) in [7, 11) is 1.83.